The number of Topliss-reactive ketones (excluding diaryl/α,β-unsaturated/α-hetero) is 1. The first-order valence-electron chi connectivity index (χ1n) is 11.3. The standard InChI is InChI=1S/C22H44N2O3/c1-2-3-4-5-6-7-8-9-10-11-12-13-14-18-21(25)19(23)16-15-17-20(24)22(26)27/h19-20H,2-18,23-24H2,1H3,(H,26,27). The molecule has 5 N–H and O–H groups in total. The van der Waals surface area contributed by atoms with E-state index in [0.29, 0.717) is 25.7 Å². The van der Waals surface area contributed by atoms with Gasteiger partial charge in [-0.05, 0) is 25.7 Å². The molecule has 2 unspecified atom stereocenters. The van der Waals surface area contributed by atoms with Gasteiger partial charge in [0.1, 0.15) is 11.8 Å². The van der Waals surface area contributed by atoms with Crippen LogP contribution >= 0.6 is 0 Å². The van der Waals surface area contributed by atoms with Crippen LogP contribution < -0.4 is 11.5 Å². The number of carboxylic acids is 1. The maximum Gasteiger partial charge on any atom is 0.320 e. The molecule has 0 saturated carbocycles. The summed E-state index contributed by atoms with van der Waals surface area (Å²) in [4.78, 5) is 22.6. The van der Waals surface area contributed by atoms with Crippen molar-refractivity contribution < 1.29 is 14.7 Å². The van der Waals surface area contributed by atoms with E-state index in [1.165, 1.54) is 70.6 Å². The Balaban J connectivity index is 3.38. The Labute approximate surface area is 166 Å². The molecule has 5 nitrogen and oxygen atoms in total. The number of unbranched alkanes of at least 4 members (excludes halogenated alkanes) is 12. The molecule has 2 atom stereocenters. The molecular weight excluding hydrogens is 340 g/mol. The van der Waals surface area contributed by atoms with E-state index >= 15 is 0 Å². The van der Waals surface area contributed by atoms with E-state index in [1.54, 1.807) is 0 Å². The van der Waals surface area contributed by atoms with E-state index in [1.807, 2.05) is 0 Å². The number of hydrogen-bond acceptors (Lipinski definition) is 4. The van der Waals surface area contributed by atoms with Crippen molar-refractivity contribution in [2.24, 2.45) is 11.5 Å². The van der Waals surface area contributed by atoms with Gasteiger partial charge in [-0.1, -0.05) is 84.0 Å². The maximum atomic E-state index is 12.0. The molecule has 0 saturated heterocycles. The van der Waals surface area contributed by atoms with Crippen molar-refractivity contribution in [1.82, 2.24) is 0 Å². The molecule has 0 radical (unpaired) electrons. The van der Waals surface area contributed by atoms with Crippen LogP contribution in [-0.2, 0) is 9.59 Å². The van der Waals surface area contributed by atoms with E-state index in [4.69, 9.17) is 16.6 Å². The van der Waals surface area contributed by atoms with Crippen molar-refractivity contribution in [2.75, 3.05) is 0 Å². The molecule has 0 amide bonds. The number of rotatable bonds is 20. The van der Waals surface area contributed by atoms with E-state index in [0.717, 1.165) is 12.8 Å². The Bertz CT molecular complexity index is 375. The molecule has 0 aliphatic carbocycles. The molecular formula is C22H44N2O3. The quantitative estimate of drug-likeness (QED) is 0.258. The van der Waals surface area contributed by atoms with Crippen LogP contribution in [0.1, 0.15) is 116 Å². The van der Waals surface area contributed by atoms with E-state index in [9.17, 15) is 9.59 Å². The molecule has 160 valence electrons. The van der Waals surface area contributed by atoms with Crippen molar-refractivity contribution in [3.63, 3.8) is 0 Å². The van der Waals surface area contributed by atoms with Gasteiger partial charge in [0, 0.05) is 6.42 Å². The zero-order chi connectivity index (χ0) is 20.3. The Hall–Kier alpha value is -0.940. The molecule has 0 aromatic rings. The number of aliphatic carboxylic acids is 1. The van der Waals surface area contributed by atoms with Gasteiger partial charge < -0.3 is 16.6 Å². The highest BCUT2D eigenvalue weighted by molar-refractivity contribution is 5.83. The number of nitrogens with two attached hydrogens (primary N) is 2. The van der Waals surface area contributed by atoms with E-state index < -0.39 is 18.1 Å². The van der Waals surface area contributed by atoms with Crippen LogP contribution in [0.3, 0.4) is 0 Å². The van der Waals surface area contributed by atoms with Gasteiger partial charge in [0.05, 0.1) is 6.04 Å². The van der Waals surface area contributed by atoms with Crippen molar-refractivity contribution in [1.29, 1.82) is 0 Å². The highest BCUT2D eigenvalue weighted by Crippen LogP contribution is 2.13. The van der Waals surface area contributed by atoms with Gasteiger partial charge in [0.2, 0.25) is 0 Å². The summed E-state index contributed by atoms with van der Waals surface area (Å²) >= 11 is 0. The highest BCUT2D eigenvalue weighted by Gasteiger charge is 2.15. The second kappa shape index (κ2) is 18.4. The molecule has 0 aromatic carbocycles. The molecule has 0 spiro atoms. The molecule has 0 bridgehead atoms. The summed E-state index contributed by atoms with van der Waals surface area (Å²) in [6.07, 6.45) is 18.8. The minimum Gasteiger partial charge on any atom is -0.480 e. The summed E-state index contributed by atoms with van der Waals surface area (Å²) in [5.41, 5.74) is 11.3. The van der Waals surface area contributed by atoms with Gasteiger partial charge in [0.25, 0.3) is 0 Å². The monoisotopic (exact) mass is 384 g/mol. The predicted molar refractivity (Wildman–Crippen MR) is 113 cm³/mol. The first-order valence-corrected chi connectivity index (χ1v) is 11.3. The highest BCUT2D eigenvalue weighted by atomic mass is 16.4. The van der Waals surface area contributed by atoms with Gasteiger partial charge >= 0.3 is 5.97 Å². The lowest BCUT2D eigenvalue weighted by Crippen LogP contribution is -2.33. The first-order chi connectivity index (χ1) is 13.0. The summed E-state index contributed by atoms with van der Waals surface area (Å²) < 4.78 is 0. The lowest BCUT2D eigenvalue weighted by atomic mass is 9.99. The maximum absolute atomic E-state index is 12.0. The van der Waals surface area contributed by atoms with Crippen molar-refractivity contribution in [2.45, 2.75) is 128 Å². The van der Waals surface area contributed by atoms with Crippen LogP contribution in [0.2, 0.25) is 0 Å². The van der Waals surface area contributed by atoms with Crippen LogP contribution in [0.25, 0.3) is 0 Å². The summed E-state index contributed by atoms with van der Waals surface area (Å²) in [5, 5.41) is 8.72. The molecule has 0 heterocycles. The van der Waals surface area contributed by atoms with Crippen molar-refractivity contribution in [3.8, 4) is 0 Å². The fourth-order valence-corrected chi connectivity index (χ4v) is 3.34. The smallest absolute Gasteiger partial charge is 0.320 e. The zero-order valence-corrected chi connectivity index (χ0v) is 17.6. The molecule has 0 aliphatic heterocycles. The minimum absolute atomic E-state index is 0.0990. The fourth-order valence-electron chi connectivity index (χ4n) is 3.34. The largest absolute Gasteiger partial charge is 0.480 e. The average Bonchev–Trinajstić information content (AvgIpc) is 2.64. The third-order valence-electron chi connectivity index (χ3n) is 5.29. The predicted octanol–water partition coefficient (Wildman–Crippen LogP) is 4.95. The van der Waals surface area contributed by atoms with Crippen LogP contribution in [0, 0.1) is 0 Å². The fraction of sp³-hybridized carbons (Fsp3) is 0.909. The number of ketones is 1. The van der Waals surface area contributed by atoms with Crippen LogP contribution in [-0.4, -0.2) is 28.9 Å². The third-order valence-corrected chi connectivity index (χ3v) is 5.29. The minimum atomic E-state index is -0.998. The summed E-state index contributed by atoms with van der Waals surface area (Å²) in [6, 6.07) is -1.32. The van der Waals surface area contributed by atoms with Crippen LogP contribution in [0.5, 0.6) is 0 Å². The normalized spacial score (nSPS) is 13.4. The molecule has 5 heteroatoms. The van der Waals surface area contributed by atoms with Gasteiger partial charge in [-0.15, -0.1) is 0 Å². The number of hydrogen-bond donors (Lipinski definition) is 3. The lowest BCUT2D eigenvalue weighted by molar-refractivity contribution is -0.138. The van der Waals surface area contributed by atoms with E-state index in [2.05, 4.69) is 6.92 Å². The third kappa shape index (κ3) is 16.9. The van der Waals surface area contributed by atoms with Gasteiger partial charge in [-0.3, -0.25) is 9.59 Å². The van der Waals surface area contributed by atoms with Crippen molar-refractivity contribution >= 4 is 11.8 Å². The summed E-state index contributed by atoms with van der Waals surface area (Å²) in [7, 11) is 0. The van der Waals surface area contributed by atoms with Gasteiger partial charge in [-0.25, -0.2) is 0 Å². The van der Waals surface area contributed by atoms with Gasteiger partial charge in [0.15, 0.2) is 0 Å². The topological polar surface area (TPSA) is 106 Å². The zero-order valence-electron chi connectivity index (χ0n) is 17.6. The lowest BCUT2D eigenvalue weighted by Gasteiger charge is -2.11. The summed E-state index contributed by atoms with van der Waals surface area (Å²) in [5.74, 6) is -0.899. The van der Waals surface area contributed by atoms with Gasteiger partial charge in [-0.2, -0.15) is 0 Å². The molecule has 0 aromatic heterocycles. The van der Waals surface area contributed by atoms with Crippen LogP contribution in [0.15, 0.2) is 0 Å². The van der Waals surface area contributed by atoms with Crippen molar-refractivity contribution in [3.05, 3.63) is 0 Å². The van der Waals surface area contributed by atoms with Crippen LogP contribution in [0.4, 0.5) is 0 Å². The SMILES string of the molecule is CCCCCCCCCCCCCCCC(=O)C(N)CCCC(N)C(=O)O. The average molecular weight is 385 g/mol. The second-order valence-corrected chi connectivity index (χ2v) is 7.94. The number of carbonyl (C=O) groups excluding carboxylic acids is 1. The summed E-state index contributed by atoms with van der Waals surface area (Å²) in [6.45, 7) is 2.26. The van der Waals surface area contributed by atoms with E-state index in [-0.39, 0.29) is 5.78 Å². The molecule has 0 fully saturated rings. The Kier molecular flexibility index (Phi) is 17.8. The number of carbonyl (C=O) groups is 2. The molecule has 27 heavy (non-hydrogen) atoms. The Morgan fingerprint density at radius 1 is 0.667 bits per heavy atom. The Morgan fingerprint density at radius 2 is 1.07 bits per heavy atom. The molecule has 0 rings (SSSR count). The number of carboxylic acid groups (broad SMARTS) is 1. The molecule has 0 aliphatic rings. The first kappa shape index (κ1) is 26.1. The Morgan fingerprint density at radius 3 is 1.52 bits per heavy atom. The second-order valence-electron chi connectivity index (χ2n) is 7.94.